The molecule has 0 saturated carbocycles. The van der Waals surface area contributed by atoms with Crippen molar-refractivity contribution in [1.29, 1.82) is 0 Å². The minimum absolute atomic E-state index is 0.210. The average Bonchev–Trinajstić information content (AvgIpc) is 2.25. The van der Waals surface area contributed by atoms with E-state index in [-0.39, 0.29) is 25.0 Å². The van der Waals surface area contributed by atoms with Crippen LogP contribution in [0.1, 0.15) is 54.4 Å². The third-order valence-electron chi connectivity index (χ3n) is 3.51. The Morgan fingerprint density at radius 2 is 1.95 bits per heavy atom. The molecule has 1 amide bonds. The van der Waals surface area contributed by atoms with Gasteiger partial charge < -0.3 is 14.6 Å². The predicted molar refractivity (Wildman–Crippen MR) is 78.2 cm³/mol. The number of rotatable bonds is 3. The molecule has 0 aromatic heterocycles. The van der Waals surface area contributed by atoms with E-state index in [0.717, 1.165) is 0 Å². The highest BCUT2D eigenvalue weighted by Gasteiger charge is 2.51. The first-order valence-corrected chi connectivity index (χ1v) is 7.37. The lowest BCUT2D eigenvalue weighted by Crippen LogP contribution is -2.63. The van der Waals surface area contributed by atoms with Gasteiger partial charge in [-0.05, 0) is 41.5 Å². The van der Waals surface area contributed by atoms with E-state index >= 15 is 0 Å². The van der Waals surface area contributed by atoms with Crippen molar-refractivity contribution < 1.29 is 24.2 Å². The average molecular weight is 301 g/mol. The zero-order valence-electron chi connectivity index (χ0n) is 13.8. The number of ether oxygens (including phenoxy) is 2. The van der Waals surface area contributed by atoms with Gasteiger partial charge in [-0.1, -0.05) is 0 Å². The van der Waals surface area contributed by atoms with Crippen LogP contribution in [-0.2, 0) is 14.3 Å². The predicted octanol–water partition coefficient (Wildman–Crippen LogP) is 2.65. The molecule has 1 heterocycles. The lowest BCUT2D eigenvalue weighted by Gasteiger charge is -2.46. The summed E-state index contributed by atoms with van der Waals surface area (Å²) in [6, 6.07) is -0.277. The molecule has 122 valence electrons. The number of carboxylic acid groups (broad SMARTS) is 1. The van der Waals surface area contributed by atoms with Crippen LogP contribution in [0.2, 0.25) is 0 Å². The second-order valence-corrected chi connectivity index (χ2v) is 6.92. The monoisotopic (exact) mass is 301 g/mol. The van der Waals surface area contributed by atoms with Crippen molar-refractivity contribution in [1.82, 2.24) is 4.90 Å². The third kappa shape index (κ3) is 4.09. The Hall–Kier alpha value is -1.30. The largest absolute Gasteiger partial charge is 0.479 e. The van der Waals surface area contributed by atoms with Crippen LogP contribution >= 0.6 is 0 Å². The highest BCUT2D eigenvalue weighted by molar-refractivity contribution is 5.85. The van der Waals surface area contributed by atoms with Gasteiger partial charge in [0.1, 0.15) is 11.1 Å². The maximum Gasteiger partial charge on any atom is 0.411 e. The van der Waals surface area contributed by atoms with E-state index in [1.54, 1.807) is 34.6 Å². The molecule has 1 aliphatic rings. The van der Waals surface area contributed by atoms with E-state index in [9.17, 15) is 14.7 Å². The molecular formula is C15H27NO5. The summed E-state index contributed by atoms with van der Waals surface area (Å²) in [4.78, 5) is 25.8. The number of aliphatic carboxylic acids is 1. The quantitative estimate of drug-likeness (QED) is 0.867. The van der Waals surface area contributed by atoms with Gasteiger partial charge in [0.2, 0.25) is 0 Å². The first-order chi connectivity index (χ1) is 9.49. The van der Waals surface area contributed by atoms with Crippen LogP contribution in [0.15, 0.2) is 0 Å². The van der Waals surface area contributed by atoms with Gasteiger partial charge in [-0.15, -0.1) is 0 Å². The molecule has 1 N–H and O–H groups in total. The fraction of sp³-hybridized carbons (Fsp3) is 0.867. The first kappa shape index (κ1) is 17.8. The lowest BCUT2D eigenvalue weighted by atomic mass is 9.84. The summed E-state index contributed by atoms with van der Waals surface area (Å²) < 4.78 is 10.9. The van der Waals surface area contributed by atoms with E-state index in [2.05, 4.69) is 0 Å². The standard InChI is InChI=1S/C15H27NO5/c1-10(2)16(13(19)21-14(4,5)6)15(12(17)18)7-8-20-11(3)9-15/h10-11H,7-9H2,1-6H3,(H,17,18). The van der Waals surface area contributed by atoms with Crippen molar-refractivity contribution in [3.63, 3.8) is 0 Å². The molecule has 6 heteroatoms. The van der Waals surface area contributed by atoms with Crippen molar-refractivity contribution in [2.45, 2.75) is 77.7 Å². The first-order valence-electron chi connectivity index (χ1n) is 7.37. The fourth-order valence-corrected chi connectivity index (χ4v) is 2.77. The number of carboxylic acids is 1. The van der Waals surface area contributed by atoms with Crippen LogP contribution in [-0.4, -0.2) is 52.0 Å². The summed E-state index contributed by atoms with van der Waals surface area (Å²) in [6.45, 7) is 11.0. The lowest BCUT2D eigenvalue weighted by molar-refractivity contribution is -0.163. The summed E-state index contributed by atoms with van der Waals surface area (Å²) in [5.74, 6) is -1.00. The number of carbonyl (C=O) groups excluding carboxylic acids is 1. The van der Waals surface area contributed by atoms with Gasteiger partial charge in [0.15, 0.2) is 0 Å². The van der Waals surface area contributed by atoms with E-state index in [0.29, 0.717) is 6.61 Å². The number of hydrogen-bond donors (Lipinski definition) is 1. The van der Waals surface area contributed by atoms with Crippen LogP contribution in [0.3, 0.4) is 0 Å². The Balaban J connectivity index is 3.16. The van der Waals surface area contributed by atoms with Gasteiger partial charge in [0, 0.05) is 25.5 Å². The van der Waals surface area contributed by atoms with E-state index < -0.39 is 23.2 Å². The van der Waals surface area contributed by atoms with Crippen molar-refractivity contribution in [3.8, 4) is 0 Å². The van der Waals surface area contributed by atoms with E-state index in [1.807, 2.05) is 6.92 Å². The molecule has 0 aromatic rings. The summed E-state index contributed by atoms with van der Waals surface area (Å²) >= 11 is 0. The van der Waals surface area contributed by atoms with Crippen LogP contribution < -0.4 is 0 Å². The molecular weight excluding hydrogens is 274 g/mol. The molecule has 1 aliphatic heterocycles. The van der Waals surface area contributed by atoms with E-state index in [1.165, 1.54) is 4.90 Å². The second kappa shape index (κ2) is 6.22. The number of carbonyl (C=O) groups is 2. The molecule has 1 fully saturated rings. The summed E-state index contributed by atoms with van der Waals surface area (Å²) in [6.07, 6.45) is -0.267. The van der Waals surface area contributed by atoms with Crippen molar-refractivity contribution >= 4 is 12.1 Å². The minimum Gasteiger partial charge on any atom is -0.479 e. The maximum atomic E-state index is 12.5. The molecule has 1 rings (SSSR count). The van der Waals surface area contributed by atoms with Crippen molar-refractivity contribution in [3.05, 3.63) is 0 Å². The second-order valence-electron chi connectivity index (χ2n) is 6.92. The van der Waals surface area contributed by atoms with Crippen LogP contribution in [0.4, 0.5) is 4.79 Å². The highest BCUT2D eigenvalue weighted by atomic mass is 16.6. The van der Waals surface area contributed by atoms with Crippen LogP contribution in [0, 0.1) is 0 Å². The molecule has 0 bridgehead atoms. The highest BCUT2D eigenvalue weighted by Crippen LogP contribution is 2.34. The minimum atomic E-state index is -1.27. The Labute approximate surface area is 126 Å². The van der Waals surface area contributed by atoms with Gasteiger partial charge >= 0.3 is 12.1 Å². The maximum absolute atomic E-state index is 12.5. The van der Waals surface area contributed by atoms with Gasteiger partial charge in [0.25, 0.3) is 0 Å². The normalized spacial score (nSPS) is 26.5. The number of hydrogen-bond acceptors (Lipinski definition) is 4. The molecule has 0 aliphatic carbocycles. The van der Waals surface area contributed by atoms with Gasteiger partial charge in [-0.2, -0.15) is 0 Å². The number of amides is 1. The Bertz CT molecular complexity index is 401. The van der Waals surface area contributed by atoms with Crippen molar-refractivity contribution in [2.24, 2.45) is 0 Å². The molecule has 1 saturated heterocycles. The molecule has 6 nitrogen and oxygen atoms in total. The molecule has 0 spiro atoms. The van der Waals surface area contributed by atoms with Crippen molar-refractivity contribution in [2.75, 3.05) is 6.61 Å². The van der Waals surface area contributed by atoms with Crippen LogP contribution in [0.25, 0.3) is 0 Å². The molecule has 21 heavy (non-hydrogen) atoms. The summed E-state index contributed by atoms with van der Waals surface area (Å²) in [5, 5.41) is 9.77. The topological polar surface area (TPSA) is 76.1 Å². The zero-order chi connectivity index (χ0) is 16.4. The third-order valence-corrected chi connectivity index (χ3v) is 3.51. The van der Waals surface area contributed by atoms with Gasteiger partial charge in [0.05, 0.1) is 6.10 Å². The SMILES string of the molecule is CC1CC(C(=O)O)(N(C(=O)OC(C)(C)C)C(C)C)CCO1. The van der Waals surface area contributed by atoms with Crippen LogP contribution in [0.5, 0.6) is 0 Å². The Morgan fingerprint density at radius 1 is 1.38 bits per heavy atom. The molecule has 2 unspecified atom stereocenters. The summed E-state index contributed by atoms with van der Waals surface area (Å²) in [7, 11) is 0. The van der Waals surface area contributed by atoms with Gasteiger partial charge in [-0.25, -0.2) is 9.59 Å². The number of nitrogens with zero attached hydrogens (tertiary/aromatic N) is 1. The molecule has 0 radical (unpaired) electrons. The van der Waals surface area contributed by atoms with E-state index in [4.69, 9.17) is 9.47 Å². The fourth-order valence-electron chi connectivity index (χ4n) is 2.77. The Morgan fingerprint density at radius 3 is 2.33 bits per heavy atom. The Kier molecular flexibility index (Phi) is 5.25. The molecule has 0 aromatic carbocycles. The molecule has 2 atom stereocenters. The smallest absolute Gasteiger partial charge is 0.411 e. The summed E-state index contributed by atoms with van der Waals surface area (Å²) in [5.41, 5.74) is -1.94. The zero-order valence-corrected chi connectivity index (χ0v) is 13.8. The van der Waals surface area contributed by atoms with Gasteiger partial charge in [-0.3, -0.25) is 4.90 Å².